The van der Waals surface area contributed by atoms with Crippen molar-refractivity contribution in [3.05, 3.63) is 82.8 Å². The molecule has 1 fully saturated rings. The monoisotopic (exact) mass is 477 g/mol. The molecule has 1 saturated heterocycles. The van der Waals surface area contributed by atoms with Gasteiger partial charge in [0.25, 0.3) is 0 Å². The number of nitrogens with one attached hydrogen (secondary N) is 3. The average Bonchev–Trinajstić information content (AvgIpc) is 3.50. The van der Waals surface area contributed by atoms with E-state index in [1.807, 2.05) is 18.2 Å². The summed E-state index contributed by atoms with van der Waals surface area (Å²) in [5.74, 6) is 2.84. The molecule has 0 bridgehead atoms. The number of hydrazone groups is 1. The van der Waals surface area contributed by atoms with E-state index >= 15 is 0 Å². The maximum absolute atomic E-state index is 14.0. The van der Waals surface area contributed by atoms with E-state index in [1.54, 1.807) is 24.5 Å². The number of hydrogen-bond donors (Lipinski definition) is 3. The van der Waals surface area contributed by atoms with Gasteiger partial charge in [0.05, 0.1) is 16.9 Å². The van der Waals surface area contributed by atoms with Crippen LogP contribution in [-0.2, 0) is 6.42 Å². The molecule has 2 unspecified atom stereocenters. The third-order valence-electron chi connectivity index (χ3n) is 6.18. The molecule has 9 nitrogen and oxygen atoms in total. The highest BCUT2D eigenvalue weighted by molar-refractivity contribution is 6.30. The molecule has 172 valence electrons. The predicted molar refractivity (Wildman–Crippen MR) is 127 cm³/mol. The van der Waals surface area contributed by atoms with Gasteiger partial charge >= 0.3 is 0 Å². The minimum atomic E-state index is -0.392. The van der Waals surface area contributed by atoms with Gasteiger partial charge in [0.2, 0.25) is 5.95 Å². The van der Waals surface area contributed by atoms with Gasteiger partial charge in [-0.3, -0.25) is 15.4 Å². The minimum absolute atomic E-state index is 0.0167. The van der Waals surface area contributed by atoms with Crippen molar-refractivity contribution in [3.8, 4) is 0 Å². The Morgan fingerprint density at radius 3 is 2.94 bits per heavy atom. The van der Waals surface area contributed by atoms with E-state index in [-0.39, 0.29) is 17.1 Å². The van der Waals surface area contributed by atoms with Crippen molar-refractivity contribution in [3.63, 3.8) is 0 Å². The van der Waals surface area contributed by atoms with Crippen LogP contribution in [0.25, 0.3) is 5.57 Å². The fourth-order valence-electron chi connectivity index (χ4n) is 4.61. The molecule has 3 aliphatic rings. The number of H-pyrrole nitrogens is 1. The summed E-state index contributed by atoms with van der Waals surface area (Å²) < 4.78 is 14.0. The number of aromatic amines is 1. The standard InChI is InChI=1S/C23H21ClFN9/c1-33-12-15(8-13-2-3-16(24)17(25)9-13)22-32-31-20-10-14(11-21(33)34(20)22)18-4-6-26-23(28-18)29-19-5-7-27-30-19/h2-7,9-11,15,22,32H,8,12H2,1H3,(H2,26,27,28,29,30). The van der Waals surface area contributed by atoms with Crippen molar-refractivity contribution >= 4 is 34.8 Å². The summed E-state index contributed by atoms with van der Waals surface area (Å²) in [5, 5.41) is 14.6. The first-order chi connectivity index (χ1) is 16.5. The van der Waals surface area contributed by atoms with Crippen molar-refractivity contribution in [1.82, 2.24) is 35.4 Å². The van der Waals surface area contributed by atoms with Gasteiger partial charge in [-0.1, -0.05) is 17.7 Å². The number of anilines is 2. The highest BCUT2D eigenvalue weighted by Crippen LogP contribution is 2.36. The van der Waals surface area contributed by atoms with Crippen LogP contribution in [0.15, 0.2) is 65.8 Å². The Kier molecular flexibility index (Phi) is 4.95. The molecule has 3 aliphatic heterocycles. The van der Waals surface area contributed by atoms with Gasteiger partial charge in [-0.15, -0.1) is 0 Å². The number of hydrogen-bond acceptors (Lipinski definition) is 8. The first-order valence-corrected chi connectivity index (χ1v) is 11.2. The van der Waals surface area contributed by atoms with Crippen LogP contribution in [0.4, 0.5) is 16.2 Å². The summed E-state index contributed by atoms with van der Waals surface area (Å²) in [7, 11) is 2.06. The van der Waals surface area contributed by atoms with Gasteiger partial charge in [0, 0.05) is 37.3 Å². The van der Waals surface area contributed by atoms with Crippen molar-refractivity contribution in [2.24, 2.45) is 11.0 Å². The fraction of sp³-hybridized carbons (Fsp3) is 0.217. The molecule has 0 radical (unpaired) electrons. The Morgan fingerprint density at radius 1 is 1.21 bits per heavy atom. The smallest absolute Gasteiger partial charge is 0.228 e. The van der Waals surface area contributed by atoms with E-state index < -0.39 is 5.82 Å². The van der Waals surface area contributed by atoms with E-state index in [1.165, 1.54) is 6.07 Å². The second kappa shape index (κ2) is 8.14. The Morgan fingerprint density at radius 2 is 2.12 bits per heavy atom. The second-order valence-corrected chi connectivity index (χ2v) is 8.88. The zero-order chi connectivity index (χ0) is 23.2. The summed E-state index contributed by atoms with van der Waals surface area (Å²) in [5.41, 5.74) is 5.92. The minimum Gasteiger partial charge on any atom is -0.361 e. The lowest BCUT2D eigenvalue weighted by Gasteiger charge is -2.45. The normalized spacial score (nSPS) is 20.9. The van der Waals surface area contributed by atoms with Crippen LogP contribution in [0.1, 0.15) is 11.3 Å². The van der Waals surface area contributed by atoms with Gasteiger partial charge < -0.3 is 10.2 Å². The largest absolute Gasteiger partial charge is 0.361 e. The van der Waals surface area contributed by atoms with Crippen LogP contribution < -0.4 is 10.7 Å². The summed E-state index contributed by atoms with van der Waals surface area (Å²) >= 11 is 5.86. The molecule has 5 heterocycles. The number of halogens is 2. The van der Waals surface area contributed by atoms with Crippen molar-refractivity contribution in [2.75, 3.05) is 18.9 Å². The van der Waals surface area contributed by atoms with Crippen molar-refractivity contribution in [1.29, 1.82) is 0 Å². The molecule has 34 heavy (non-hydrogen) atoms. The SMILES string of the molecule is CN1CC(Cc2ccc(Cl)c(F)c2)C2NN=C3C=C(c4ccnc(Nc5ccn[nH]5)n4)C=C1N32. The lowest BCUT2D eigenvalue weighted by atomic mass is 9.92. The first kappa shape index (κ1) is 20.7. The molecular formula is C23H21ClFN9. The number of aromatic nitrogens is 4. The zero-order valence-corrected chi connectivity index (χ0v) is 19.0. The molecule has 1 aromatic carbocycles. The molecule has 2 aromatic heterocycles. The molecule has 3 aromatic rings. The maximum Gasteiger partial charge on any atom is 0.228 e. The third-order valence-corrected chi connectivity index (χ3v) is 6.49. The summed E-state index contributed by atoms with van der Waals surface area (Å²) in [6, 6.07) is 8.69. The lowest BCUT2D eigenvalue weighted by Crippen LogP contribution is -2.56. The highest BCUT2D eigenvalue weighted by Gasteiger charge is 2.43. The number of benzene rings is 1. The highest BCUT2D eigenvalue weighted by atomic mass is 35.5. The number of allylic oxidation sites excluding steroid dienone is 2. The Hall–Kier alpha value is -3.92. The molecule has 0 amide bonds. The molecular weight excluding hydrogens is 457 g/mol. The van der Waals surface area contributed by atoms with Crippen LogP contribution in [-0.4, -0.2) is 55.6 Å². The molecule has 2 atom stereocenters. The average molecular weight is 478 g/mol. The Bertz CT molecular complexity index is 1330. The van der Waals surface area contributed by atoms with Crippen LogP contribution in [0.5, 0.6) is 0 Å². The van der Waals surface area contributed by atoms with Crippen LogP contribution >= 0.6 is 11.6 Å². The lowest BCUT2D eigenvalue weighted by molar-refractivity contribution is 0.112. The second-order valence-electron chi connectivity index (χ2n) is 8.47. The first-order valence-electron chi connectivity index (χ1n) is 10.9. The summed E-state index contributed by atoms with van der Waals surface area (Å²) in [6.07, 6.45) is 8.18. The van der Waals surface area contributed by atoms with E-state index in [2.05, 4.69) is 58.9 Å². The van der Waals surface area contributed by atoms with Crippen LogP contribution in [0.3, 0.4) is 0 Å². The topological polar surface area (TPSA) is 97.4 Å². The van der Waals surface area contributed by atoms with E-state index in [0.29, 0.717) is 18.2 Å². The van der Waals surface area contributed by atoms with E-state index in [0.717, 1.165) is 35.0 Å². The zero-order valence-electron chi connectivity index (χ0n) is 18.2. The Balaban J connectivity index is 1.25. The van der Waals surface area contributed by atoms with Crippen LogP contribution in [0.2, 0.25) is 5.02 Å². The van der Waals surface area contributed by atoms with Gasteiger partial charge in [-0.2, -0.15) is 10.2 Å². The summed E-state index contributed by atoms with van der Waals surface area (Å²) in [6.45, 7) is 0.788. The van der Waals surface area contributed by atoms with Crippen molar-refractivity contribution in [2.45, 2.75) is 12.6 Å². The predicted octanol–water partition coefficient (Wildman–Crippen LogP) is 3.32. The number of nitrogens with zero attached hydrogens (tertiary/aromatic N) is 6. The molecule has 0 aliphatic carbocycles. The van der Waals surface area contributed by atoms with Gasteiger partial charge in [0.15, 0.2) is 5.84 Å². The quantitative estimate of drug-likeness (QED) is 0.518. The molecule has 6 rings (SSSR count). The van der Waals surface area contributed by atoms with Crippen molar-refractivity contribution < 1.29 is 4.39 Å². The van der Waals surface area contributed by atoms with Gasteiger partial charge in [0.1, 0.15) is 23.6 Å². The fourth-order valence-corrected chi connectivity index (χ4v) is 4.73. The number of amidine groups is 1. The van der Waals surface area contributed by atoms with Gasteiger partial charge in [-0.05, 0) is 42.3 Å². The molecule has 3 N–H and O–H groups in total. The maximum atomic E-state index is 14.0. The molecule has 0 saturated carbocycles. The van der Waals surface area contributed by atoms with E-state index in [9.17, 15) is 4.39 Å². The molecule has 0 spiro atoms. The van der Waals surface area contributed by atoms with E-state index in [4.69, 9.17) is 11.6 Å². The van der Waals surface area contributed by atoms with Gasteiger partial charge in [-0.25, -0.2) is 14.4 Å². The molecule has 11 heteroatoms. The Labute approximate surface area is 200 Å². The summed E-state index contributed by atoms with van der Waals surface area (Å²) in [4.78, 5) is 13.4. The number of rotatable bonds is 5. The third kappa shape index (κ3) is 3.65. The van der Waals surface area contributed by atoms with Crippen LogP contribution in [0, 0.1) is 11.7 Å².